The predicted octanol–water partition coefficient (Wildman–Crippen LogP) is 1.43. The number of nitrogens with one attached hydrogen (secondary N) is 1. The molecule has 0 bridgehead atoms. The van der Waals surface area contributed by atoms with Crippen LogP contribution in [0.3, 0.4) is 0 Å². The smallest absolute Gasteiger partial charge is 0.293 e. The van der Waals surface area contributed by atoms with Gasteiger partial charge in [0.2, 0.25) is 0 Å². The highest BCUT2D eigenvalue weighted by molar-refractivity contribution is 9.10. The fourth-order valence-electron chi connectivity index (χ4n) is 0.857. The molecule has 0 saturated heterocycles. The predicted molar refractivity (Wildman–Crippen MR) is 43.3 cm³/mol. The second-order valence-electron chi connectivity index (χ2n) is 2.07. The van der Waals surface area contributed by atoms with Crippen molar-refractivity contribution in [1.29, 1.82) is 0 Å². The third-order valence-electron chi connectivity index (χ3n) is 1.30. The Kier molecular flexibility index (Phi) is 1.32. The van der Waals surface area contributed by atoms with Gasteiger partial charge in [-0.1, -0.05) is 0 Å². The highest BCUT2D eigenvalue weighted by Gasteiger charge is 2.01. The maximum absolute atomic E-state index is 8.93. The first-order valence-corrected chi connectivity index (χ1v) is 3.76. The first-order chi connectivity index (χ1) is 5.25. The molecule has 2 N–H and O–H groups in total. The van der Waals surface area contributed by atoms with Gasteiger partial charge in [0.1, 0.15) is 4.60 Å². The zero-order valence-electron chi connectivity index (χ0n) is 5.37. The Balaban J connectivity index is 2.82. The van der Waals surface area contributed by atoms with Crippen molar-refractivity contribution in [3.63, 3.8) is 0 Å². The van der Waals surface area contributed by atoms with Crippen LogP contribution in [0, 0.1) is 0 Å². The lowest BCUT2D eigenvalue weighted by Crippen LogP contribution is -1.76. The SMILES string of the molecule is Oc1nc2nc(Br)ccc2[nH]1. The molecular formula is C6H4BrN3O. The van der Waals surface area contributed by atoms with E-state index in [0.29, 0.717) is 10.3 Å². The minimum atomic E-state index is -0.106. The highest BCUT2D eigenvalue weighted by atomic mass is 79.9. The van der Waals surface area contributed by atoms with E-state index >= 15 is 0 Å². The van der Waals surface area contributed by atoms with Crippen LogP contribution in [0.4, 0.5) is 0 Å². The number of halogens is 1. The molecule has 0 aromatic carbocycles. The average Bonchev–Trinajstić information content (AvgIpc) is 2.27. The summed E-state index contributed by atoms with van der Waals surface area (Å²) in [6.07, 6.45) is 0. The molecule has 2 aromatic heterocycles. The molecule has 0 unspecified atom stereocenters. The lowest BCUT2D eigenvalue weighted by molar-refractivity contribution is 0.438. The van der Waals surface area contributed by atoms with Gasteiger partial charge in [-0.05, 0) is 28.1 Å². The van der Waals surface area contributed by atoms with Gasteiger partial charge in [-0.2, -0.15) is 4.98 Å². The summed E-state index contributed by atoms with van der Waals surface area (Å²) >= 11 is 3.20. The molecule has 0 fully saturated rings. The minimum Gasteiger partial charge on any atom is -0.480 e. The van der Waals surface area contributed by atoms with Crippen molar-refractivity contribution in [2.75, 3.05) is 0 Å². The zero-order chi connectivity index (χ0) is 7.84. The summed E-state index contributed by atoms with van der Waals surface area (Å²) in [6.45, 7) is 0. The molecule has 0 spiro atoms. The van der Waals surface area contributed by atoms with Crippen LogP contribution in [-0.4, -0.2) is 20.1 Å². The van der Waals surface area contributed by atoms with E-state index in [1.807, 2.05) is 0 Å². The van der Waals surface area contributed by atoms with Crippen molar-refractivity contribution in [1.82, 2.24) is 15.0 Å². The molecule has 2 aromatic rings. The van der Waals surface area contributed by atoms with Crippen molar-refractivity contribution >= 4 is 27.1 Å². The number of H-pyrrole nitrogens is 1. The number of pyridine rings is 1. The zero-order valence-corrected chi connectivity index (χ0v) is 6.96. The van der Waals surface area contributed by atoms with Crippen LogP contribution in [0.2, 0.25) is 0 Å². The number of aromatic hydroxyl groups is 1. The number of hydrogen-bond acceptors (Lipinski definition) is 3. The molecule has 2 heterocycles. The third kappa shape index (κ3) is 1.07. The first-order valence-electron chi connectivity index (χ1n) is 2.97. The van der Waals surface area contributed by atoms with Gasteiger partial charge in [0.25, 0.3) is 6.01 Å². The van der Waals surface area contributed by atoms with Gasteiger partial charge in [0.05, 0.1) is 5.52 Å². The molecule has 56 valence electrons. The van der Waals surface area contributed by atoms with Gasteiger partial charge in [0, 0.05) is 0 Å². The van der Waals surface area contributed by atoms with Crippen molar-refractivity contribution < 1.29 is 5.11 Å². The molecule has 0 aliphatic carbocycles. The van der Waals surface area contributed by atoms with Crippen molar-refractivity contribution in [3.8, 4) is 6.01 Å². The Labute approximate surface area is 70.4 Å². The summed E-state index contributed by atoms with van der Waals surface area (Å²) in [4.78, 5) is 10.4. The van der Waals surface area contributed by atoms with Crippen LogP contribution >= 0.6 is 15.9 Å². The van der Waals surface area contributed by atoms with Gasteiger partial charge in [-0.15, -0.1) is 0 Å². The Hall–Kier alpha value is -1.10. The largest absolute Gasteiger partial charge is 0.480 e. The molecule has 0 radical (unpaired) electrons. The lowest BCUT2D eigenvalue weighted by atomic mass is 10.4. The fraction of sp³-hybridized carbons (Fsp3) is 0. The van der Waals surface area contributed by atoms with Crippen molar-refractivity contribution in [2.45, 2.75) is 0 Å². The topological polar surface area (TPSA) is 61.8 Å². The van der Waals surface area contributed by atoms with E-state index in [1.165, 1.54) is 0 Å². The molecule has 11 heavy (non-hydrogen) atoms. The Morgan fingerprint density at radius 3 is 3.00 bits per heavy atom. The second-order valence-corrected chi connectivity index (χ2v) is 2.88. The second kappa shape index (κ2) is 2.20. The van der Waals surface area contributed by atoms with Crippen LogP contribution in [0.1, 0.15) is 0 Å². The van der Waals surface area contributed by atoms with Crippen LogP contribution < -0.4 is 0 Å². The molecule has 0 saturated carbocycles. The van der Waals surface area contributed by atoms with Crippen molar-refractivity contribution in [2.24, 2.45) is 0 Å². The number of hydrogen-bond donors (Lipinski definition) is 2. The van der Waals surface area contributed by atoms with E-state index in [4.69, 9.17) is 5.11 Å². The van der Waals surface area contributed by atoms with Gasteiger partial charge >= 0.3 is 0 Å². The van der Waals surface area contributed by atoms with Crippen LogP contribution in [0.15, 0.2) is 16.7 Å². The molecule has 0 aliphatic rings. The summed E-state index contributed by atoms with van der Waals surface area (Å²) in [5, 5.41) is 8.93. The molecule has 0 amide bonds. The van der Waals surface area contributed by atoms with Crippen LogP contribution in [0.5, 0.6) is 6.01 Å². The highest BCUT2D eigenvalue weighted by Crippen LogP contribution is 2.15. The minimum absolute atomic E-state index is 0.106. The van der Waals surface area contributed by atoms with Gasteiger partial charge < -0.3 is 10.1 Å². The van der Waals surface area contributed by atoms with Crippen molar-refractivity contribution in [3.05, 3.63) is 16.7 Å². The standard InChI is InChI=1S/C6H4BrN3O/c7-4-2-1-3-5(9-4)10-6(11)8-3/h1-2H,(H2,8,9,10,11). The molecule has 0 atom stereocenters. The summed E-state index contributed by atoms with van der Waals surface area (Å²) in [6, 6.07) is 3.46. The molecular weight excluding hydrogens is 210 g/mol. The van der Waals surface area contributed by atoms with Crippen LogP contribution in [0.25, 0.3) is 11.2 Å². The third-order valence-corrected chi connectivity index (χ3v) is 1.74. The normalized spacial score (nSPS) is 10.6. The summed E-state index contributed by atoms with van der Waals surface area (Å²) in [5.41, 5.74) is 1.24. The number of aromatic amines is 1. The summed E-state index contributed by atoms with van der Waals surface area (Å²) in [7, 11) is 0. The van der Waals surface area contributed by atoms with E-state index in [0.717, 1.165) is 5.52 Å². The van der Waals surface area contributed by atoms with E-state index in [2.05, 4.69) is 30.9 Å². The molecule has 5 heteroatoms. The Morgan fingerprint density at radius 2 is 2.18 bits per heavy atom. The number of imidazole rings is 1. The summed E-state index contributed by atoms with van der Waals surface area (Å²) < 4.78 is 0.705. The molecule has 2 rings (SSSR count). The van der Waals surface area contributed by atoms with E-state index in [-0.39, 0.29) is 6.01 Å². The number of rotatable bonds is 0. The van der Waals surface area contributed by atoms with Gasteiger partial charge in [-0.3, -0.25) is 0 Å². The van der Waals surface area contributed by atoms with Gasteiger partial charge in [0.15, 0.2) is 5.65 Å². The number of nitrogens with zero attached hydrogens (tertiary/aromatic N) is 2. The number of fused-ring (bicyclic) bond motifs is 1. The monoisotopic (exact) mass is 213 g/mol. The van der Waals surface area contributed by atoms with Gasteiger partial charge in [-0.25, -0.2) is 4.98 Å². The quantitative estimate of drug-likeness (QED) is 0.652. The first kappa shape index (κ1) is 6.60. The van der Waals surface area contributed by atoms with E-state index < -0.39 is 0 Å². The molecule has 4 nitrogen and oxygen atoms in total. The van der Waals surface area contributed by atoms with E-state index in [9.17, 15) is 0 Å². The maximum atomic E-state index is 8.93. The van der Waals surface area contributed by atoms with E-state index in [1.54, 1.807) is 12.1 Å². The van der Waals surface area contributed by atoms with Crippen LogP contribution in [-0.2, 0) is 0 Å². The molecule has 0 aliphatic heterocycles. The number of aromatic nitrogens is 3. The maximum Gasteiger partial charge on any atom is 0.293 e. The Morgan fingerprint density at radius 1 is 1.36 bits per heavy atom. The summed E-state index contributed by atoms with van der Waals surface area (Å²) in [5.74, 6) is 0. The fourth-order valence-corrected chi connectivity index (χ4v) is 1.16. The Bertz CT molecular complexity index is 398. The average molecular weight is 214 g/mol. The lowest BCUT2D eigenvalue weighted by Gasteiger charge is -1.86.